The van der Waals surface area contributed by atoms with Gasteiger partial charge in [-0.05, 0) is 41.5 Å². The molecule has 35 heavy (non-hydrogen) atoms. The van der Waals surface area contributed by atoms with Crippen molar-refractivity contribution in [3.8, 4) is 5.75 Å². The van der Waals surface area contributed by atoms with Gasteiger partial charge in [-0.3, -0.25) is 14.6 Å². The van der Waals surface area contributed by atoms with E-state index < -0.39 is 17.9 Å². The zero-order valence-electron chi connectivity index (χ0n) is 19.0. The number of aliphatic hydroxyl groups is 1. The maximum absolute atomic E-state index is 13.7. The fourth-order valence-corrected chi connectivity index (χ4v) is 7.88. The molecule has 8 rings (SSSR count). The average Bonchev–Trinajstić information content (AvgIpc) is 3.75. The zero-order chi connectivity index (χ0) is 23.5. The smallest absolute Gasteiger partial charge is 0.251 e. The number of hydrogen-bond acceptors (Lipinski definition) is 7. The second-order valence-corrected chi connectivity index (χ2v) is 11.6. The van der Waals surface area contributed by atoms with Crippen LogP contribution in [0, 0.1) is 17.3 Å². The Kier molecular flexibility index (Phi) is 4.02. The number of aliphatic hydroxyl groups excluding tert-OH is 1. The molecule has 6 aliphatic rings. The number of thioether (sulfide) groups is 1. The van der Waals surface area contributed by atoms with Gasteiger partial charge in [-0.2, -0.15) is 5.01 Å². The van der Waals surface area contributed by atoms with Crippen LogP contribution in [0.4, 0.5) is 0 Å². The Morgan fingerprint density at radius 1 is 1.09 bits per heavy atom. The van der Waals surface area contributed by atoms with Crippen LogP contribution in [-0.4, -0.2) is 63.7 Å². The van der Waals surface area contributed by atoms with Crippen LogP contribution in [0.3, 0.4) is 0 Å². The quantitative estimate of drug-likeness (QED) is 0.612. The molecule has 2 saturated carbocycles. The van der Waals surface area contributed by atoms with E-state index in [1.807, 2.05) is 21.7 Å². The number of rotatable bonds is 0. The molecule has 7 nitrogen and oxygen atoms in total. The van der Waals surface area contributed by atoms with Crippen molar-refractivity contribution in [3.63, 3.8) is 0 Å². The SMILES string of the molecule is O=C1C=CN2C(C(=O)N3CC4[C@H]5C[C@@]45COc4cccc5c4[C@H](c4ccccc4SC5)N2C3)C1O. The number of hydrogen-bond donors (Lipinski definition) is 1. The van der Waals surface area contributed by atoms with Crippen LogP contribution in [0.2, 0.25) is 0 Å². The summed E-state index contributed by atoms with van der Waals surface area (Å²) < 4.78 is 6.61. The summed E-state index contributed by atoms with van der Waals surface area (Å²) in [6, 6.07) is 13.5. The van der Waals surface area contributed by atoms with Gasteiger partial charge in [0.05, 0.1) is 19.3 Å². The van der Waals surface area contributed by atoms with E-state index in [4.69, 9.17) is 4.74 Å². The van der Waals surface area contributed by atoms with Crippen LogP contribution >= 0.6 is 11.8 Å². The molecule has 0 aromatic heterocycles. The van der Waals surface area contributed by atoms with Crippen LogP contribution in [0.15, 0.2) is 59.6 Å². The van der Waals surface area contributed by atoms with Gasteiger partial charge in [0.25, 0.3) is 5.91 Å². The van der Waals surface area contributed by atoms with Crippen molar-refractivity contribution in [2.45, 2.75) is 35.3 Å². The third-order valence-corrected chi connectivity index (χ3v) is 10.1. The number of benzene rings is 2. The highest BCUT2D eigenvalue weighted by atomic mass is 32.2. The largest absolute Gasteiger partial charge is 0.493 e. The lowest BCUT2D eigenvalue weighted by Crippen LogP contribution is -2.68. The van der Waals surface area contributed by atoms with Crippen LogP contribution in [0.1, 0.15) is 29.2 Å². The number of ether oxygens (including phenoxy) is 1. The van der Waals surface area contributed by atoms with Gasteiger partial charge in [0.2, 0.25) is 0 Å². The lowest BCUT2D eigenvalue weighted by Gasteiger charge is -2.52. The third kappa shape index (κ3) is 2.70. The number of fused-ring (bicyclic) bond motifs is 8. The Hall–Kier alpha value is -2.81. The highest BCUT2D eigenvalue weighted by Crippen LogP contribution is 2.80. The maximum Gasteiger partial charge on any atom is 0.251 e. The van der Waals surface area contributed by atoms with E-state index in [-0.39, 0.29) is 17.4 Å². The zero-order valence-corrected chi connectivity index (χ0v) is 19.9. The normalized spacial score (nSPS) is 38.0. The Labute approximate surface area is 207 Å². The van der Waals surface area contributed by atoms with E-state index in [1.54, 1.807) is 6.20 Å². The summed E-state index contributed by atoms with van der Waals surface area (Å²) >= 11 is 1.81. The number of nitrogens with zero attached hydrogens (tertiary/aromatic N) is 3. The number of carbonyl (C=O) groups is 2. The van der Waals surface area contributed by atoms with Gasteiger partial charge in [-0.1, -0.05) is 30.3 Å². The van der Waals surface area contributed by atoms with Crippen molar-refractivity contribution >= 4 is 23.5 Å². The topological polar surface area (TPSA) is 73.3 Å². The number of amides is 1. The summed E-state index contributed by atoms with van der Waals surface area (Å²) in [6.07, 6.45) is 2.84. The van der Waals surface area contributed by atoms with Gasteiger partial charge in [0.1, 0.15) is 11.9 Å². The minimum atomic E-state index is -1.38. The second kappa shape index (κ2) is 6.90. The molecule has 1 N–H and O–H groups in total. The van der Waals surface area contributed by atoms with Crippen molar-refractivity contribution in [1.82, 2.24) is 14.9 Å². The lowest BCUT2D eigenvalue weighted by molar-refractivity contribution is -0.185. The standard InChI is InChI=1S/C27H25N3O4S/c31-19-8-9-29-24(25(19)32)26(33)28-11-18-17-10-27(17,18)13-34-20-6-3-4-15-12-35-21-7-2-1-5-16(21)23(22(15)20)30(29)14-28/h1-9,17-18,23-25,32H,10-14H2/t17-,18?,23+,24?,25?,27+/m1/s1. The first-order valence-corrected chi connectivity index (χ1v) is 13.3. The first kappa shape index (κ1) is 20.4. The van der Waals surface area contributed by atoms with Gasteiger partial charge in [-0.25, -0.2) is 0 Å². The van der Waals surface area contributed by atoms with E-state index in [0.717, 1.165) is 29.1 Å². The van der Waals surface area contributed by atoms with Crippen LogP contribution in [-0.2, 0) is 15.3 Å². The summed E-state index contributed by atoms with van der Waals surface area (Å²) in [7, 11) is 0. The molecule has 7 atom stereocenters. The van der Waals surface area contributed by atoms with Crippen molar-refractivity contribution in [2.24, 2.45) is 17.3 Å². The van der Waals surface area contributed by atoms with Crippen LogP contribution in [0.5, 0.6) is 5.75 Å². The Balaban J connectivity index is 1.37. The van der Waals surface area contributed by atoms with E-state index in [1.165, 1.54) is 16.5 Å². The molecule has 1 spiro atoms. The summed E-state index contributed by atoms with van der Waals surface area (Å²) in [5, 5.41) is 14.9. The van der Waals surface area contributed by atoms with Crippen LogP contribution in [0.25, 0.3) is 0 Å². The molecule has 4 aliphatic heterocycles. The number of carbonyl (C=O) groups excluding carboxylic acids is 2. The molecule has 4 heterocycles. The molecule has 3 fully saturated rings. The number of ketones is 1. The van der Waals surface area contributed by atoms with E-state index in [2.05, 4.69) is 47.5 Å². The second-order valence-electron chi connectivity index (χ2n) is 10.6. The summed E-state index contributed by atoms with van der Waals surface area (Å²) in [6.45, 7) is 1.72. The van der Waals surface area contributed by atoms with Crippen molar-refractivity contribution in [2.75, 3.05) is 19.8 Å². The molecule has 4 unspecified atom stereocenters. The van der Waals surface area contributed by atoms with Gasteiger partial charge < -0.3 is 14.7 Å². The molecule has 1 amide bonds. The van der Waals surface area contributed by atoms with Crippen molar-refractivity contribution in [3.05, 3.63) is 71.4 Å². The maximum atomic E-state index is 13.7. The summed E-state index contributed by atoms with van der Waals surface area (Å²) in [5.41, 5.74) is 3.64. The summed E-state index contributed by atoms with van der Waals surface area (Å²) in [5.74, 6) is 2.16. The van der Waals surface area contributed by atoms with E-state index >= 15 is 0 Å². The van der Waals surface area contributed by atoms with E-state index in [0.29, 0.717) is 31.7 Å². The predicted octanol–water partition coefficient (Wildman–Crippen LogP) is 2.55. The third-order valence-electron chi connectivity index (χ3n) is 8.98. The van der Waals surface area contributed by atoms with Gasteiger partial charge in [0, 0.05) is 40.4 Å². The molecule has 8 heteroatoms. The molecule has 178 valence electrons. The highest BCUT2D eigenvalue weighted by molar-refractivity contribution is 7.98. The number of hydrazine groups is 1. The fourth-order valence-electron chi connectivity index (χ4n) is 6.80. The van der Waals surface area contributed by atoms with Crippen molar-refractivity contribution < 1.29 is 19.4 Å². The van der Waals surface area contributed by atoms with Crippen LogP contribution < -0.4 is 4.74 Å². The minimum Gasteiger partial charge on any atom is -0.493 e. The van der Waals surface area contributed by atoms with Gasteiger partial charge in [0.15, 0.2) is 11.8 Å². The van der Waals surface area contributed by atoms with Gasteiger partial charge in [-0.15, -0.1) is 11.8 Å². The molecular weight excluding hydrogens is 462 g/mol. The molecule has 2 aliphatic carbocycles. The Morgan fingerprint density at radius 3 is 2.86 bits per heavy atom. The summed E-state index contributed by atoms with van der Waals surface area (Å²) in [4.78, 5) is 29.2. The Bertz CT molecular complexity index is 1330. The molecule has 2 bridgehead atoms. The predicted molar refractivity (Wildman–Crippen MR) is 128 cm³/mol. The minimum absolute atomic E-state index is 0.169. The molecule has 0 radical (unpaired) electrons. The molecular formula is C27H25N3O4S. The molecule has 2 aromatic rings. The molecule has 1 saturated heterocycles. The monoisotopic (exact) mass is 487 g/mol. The van der Waals surface area contributed by atoms with Gasteiger partial charge >= 0.3 is 0 Å². The van der Waals surface area contributed by atoms with Crippen molar-refractivity contribution in [1.29, 1.82) is 0 Å². The first-order valence-electron chi connectivity index (χ1n) is 12.3. The van der Waals surface area contributed by atoms with E-state index in [9.17, 15) is 14.7 Å². The highest BCUT2D eigenvalue weighted by Gasteiger charge is 2.79. The Morgan fingerprint density at radius 2 is 1.97 bits per heavy atom. The fraction of sp³-hybridized carbons (Fsp3) is 0.407. The molecule has 2 aromatic carbocycles. The average molecular weight is 488 g/mol. The lowest BCUT2D eigenvalue weighted by atomic mass is 9.92. The first-order chi connectivity index (χ1) is 17.1.